The van der Waals surface area contributed by atoms with Crippen molar-refractivity contribution in [1.82, 2.24) is 0 Å². The molecule has 0 spiro atoms. The fourth-order valence-corrected chi connectivity index (χ4v) is 3.33. The molecule has 9 heteroatoms. The molecule has 0 aromatic heterocycles. The summed E-state index contributed by atoms with van der Waals surface area (Å²) in [6, 6.07) is 0. The third-order valence-electron chi connectivity index (χ3n) is 4.78. The van der Waals surface area contributed by atoms with Gasteiger partial charge in [-0.15, -0.1) is 0 Å². The summed E-state index contributed by atoms with van der Waals surface area (Å²) in [4.78, 5) is 0. The first-order valence-electron chi connectivity index (χ1n) is 7.72. The molecule has 3 aliphatic rings. The molecule has 0 aromatic rings. The highest BCUT2D eigenvalue weighted by molar-refractivity contribution is 5.23. The number of fused-ring (bicyclic) bond motifs is 1. The topological polar surface area (TPSA) is 149 Å². The maximum atomic E-state index is 10.5. The van der Waals surface area contributed by atoms with E-state index >= 15 is 0 Å². The van der Waals surface area contributed by atoms with Gasteiger partial charge in [0, 0.05) is 5.92 Å². The summed E-state index contributed by atoms with van der Waals surface area (Å²) in [6.45, 7) is -1.12. The summed E-state index contributed by atoms with van der Waals surface area (Å²) in [5, 5.41) is 58.8. The fourth-order valence-electron chi connectivity index (χ4n) is 3.33. The van der Waals surface area contributed by atoms with Crippen LogP contribution in [0, 0.1) is 11.8 Å². The molecule has 1 fully saturated rings. The zero-order chi connectivity index (χ0) is 17.5. The van der Waals surface area contributed by atoms with E-state index in [1.807, 2.05) is 0 Å². The van der Waals surface area contributed by atoms with E-state index < -0.39 is 61.7 Å². The highest BCUT2D eigenvalue weighted by Gasteiger charge is 2.52. The molecule has 2 heterocycles. The molecule has 0 bridgehead atoms. The van der Waals surface area contributed by atoms with Crippen LogP contribution in [0.4, 0.5) is 0 Å². The van der Waals surface area contributed by atoms with Gasteiger partial charge in [0.2, 0.25) is 6.29 Å². The van der Waals surface area contributed by atoms with Crippen molar-refractivity contribution in [3.63, 3.8) is 0 Å². The van der Waals surface area contributed by atoms with Crippen LogP contribution in [0.25, 0.3) is 0 Å². The van der Waals surface area contributed by atoms with Crippen molar-refractivity contribution in [2.24, 2.45) is 11.8 Å². The zero-order valence-corrected chi connectivity index (χ0v) is 12.8. The van der Waals surface area contributed by atoms with Crippen LogP contribution in [-0.2, 0) is 14.2 Å². The second-order valence-corrected chi connectivity index (χ2v) is 6.28. The number of ether oxygens (including phenoxy) is 3. The summed E-state index contributed by atoms with van der Waals surface area (Å²) in [5.74, 6) is -0.925. The third-order valence-corrected chi connectivity index (χ3v) is 4.78. The average Bonchev–Trinajstić information content (AvgIpc) is 2.94. The Labute approximate surface area is 138 Å². The Morgan fingerprint density at radius 3 is 2.42 bits per heavy atom. The van der Waals surface area contributed by atoms with Crippen molar-refractivity contribution in [2.45, 2.75) is 42.6 Å². The predicted molar refractivity (Wildman–Crippen MR) is 77.0 cm³/mol. The van der Waals surface area contributed by atoms with Gasteiger partial charge in [-0.2, -0.15) is 0 Å². The number of aliphatic hydroxyl groups is 6. The highest BCUT2D eigenvalue weighted by atomic mass is 16.8. The van der Waals surface area contributed by atoms with Gasteiger partial charge in [0.15, 0.2) is 6.29 Å². The lowest BCUT2D eigenvalue weighted by Gasteiger charge is -2.43. The Kier molecular flexibility index (Phi) is 4.96. The predicted octanol–water partition coefficient (Wildman–Crippen LogP) is -2.80. The van der Waals surface area contributed by atoms with Crippen LogP contribution in [0.3, 0.4) is 0 Å². The number of allylic oxidation sites excluding steroid dienone is 2. The molecule has 136 valence electrons. The van der Waals surface area contributed by atoms with Crippen LogP contribution in [0.5, 0.6) is 0 Å². The molecule has 9 nitrogen and oxygen atoms in total. The summed E-state index contributed by atoms with van der Waals surface area (Å²) in [6.07, 6.45) is -1.97. The van der Waals surface area contributed by atoms with Crippen molar-refractivity contribution in [1.29, 1.82) is 0 Å². The van der Waals surface area contributed by atoms with Gasteiger partial charge in [-0.3, -0.25) is 0 Å². The summed E-state index contributed by atoms with van der Waals surface area (Å²) >= 11 is 0. The molecule has 1 saturated heterocycles. The van der Waals surface area contributed by atoms with E-state index in [4.69, 9.17) is 14.2 Å². The molecule has 3 rings (SSSR count). The van der Waals surface area contributed by atoms with Crippen LogP contribution in [0.15, 0.2) is 24.5 Å². The van der Waals surface area contributed by atoms with Crippen LogP contribution >= 0.6 is 0 Å². The van der Waals surface area contributed by atoms with Gasteiger partial charge in [0.25, 0.3) is 0 Å². The van der Waals surface area contributed by atoms with Crippen LogP contribution in [0.1, 0.15) is 0 Å². The first-order chi connectivity index (χ1) is 11.4. The fraction of sp³-hybridized carbons (Fsp3) is 0.733. The molecule has 0 aromatic carbocycles. The standard InChI is InChI=1S/C15H22O9/c16-5-8-10(18)11(19)12(20)14(23-8)24-13-9-7(2-4-22-13)1-3-15(9,21)6-17/h1-4,7-14,16-21H,5-6H2. The molecule has 1 aliphatic carbocycles. The number of rotatable bonds is 4. The first kappa shape index (κ1) is 17.8. The lowest BCUT2D eigenvalue weighted by atomic mass is 9.83. The quantitative estimate of drug-likeness (QED) is 0.297. The SMILES string of the molecule is OCC1OC(OC2OC=CC3C=CC(O)(CO)C32)C(O)C(O)C1O. The van der Waals surface area contributed by atoms with E-state index in [-0.39, 0.29) is 5.92 Å². The van der Waals surface area contributed by atoms with Crippen molar-refractivity contribution < 1.29 is 44.8 Å². The minimum Gasteiger partial charge on any atom is -0.472 e. The smallest absolute Gasteiger partial charge is 0.208 e. The van der Waals surface area contributed by atoms with Gasteiger partial charge in [-0.25, -0.2) is 0 Å². The molecule has 0 amide bonds. The van der Waals surface area contributed by atoms with Gasteiger partial charge in [0.05, 0.1) is 25.4 Å². The van der Waals surface area contributed by atoms with Gasteiger partial charge in [-0.1, -0.05) is 12.2 Å². The molecule has 9 atom stereocenters. The van der Waals surface area contributed by atoms with Crippen molar-refractivity contribution in [2.75, 3.05) is 13.2 Å². The Morgan fingerprint density at radius 1 is 1.00 bits per heavy atom. The summed E-state index contributed by atoms with van der Waals surface area (Å²) in [7, 11) is 0. The average molecular weight is 346 g/mol. The van der Waals surface area contributed by atoms with Gasteiger partial charge in [0.1, 0.15) is 30.0 Å². The number of hydrogen-bond acceptors (Lipinski definition) is 9. The van der Waals surface area contributed by atoms with Gasteiger partial charge >= 0.3 is 0 Å². The van der Waals surface area contributed by atoms with E-state index in [0.29, 0.717) is 0 Å². The molecular formula is C15H22O9. The summed E-state index contributed by atoms with van der Waals surface area (Å²) in [5.41, 5.74) is -1.56. The van der Waals surface area contributed by atoms with E-state index in [1.165, 1.54) is 12.3 Å². The van der Waals surface area contributed by atoms with E-state index in [9.17, 15) is 30.6 Å². The molecule has 9 unspecified atom stereocenters. The Morgan fingerprint density at radius 2 is 1.75 bits per heavy atom. The molecule has 6 N–H and O–H groups in total. The van der Waals surface area contributed by atoms with Gasteiger partial charge < -0.3 is 44.8 Å². The number of aliphatic hydroxyl groups excluding tert-OH is 5. The second kappa shape index (κ2) is 6.70. The molecule has 0 saturated carbocycles. The zero-order valence-electron chi connectivity index (χ0n) is 12.8. The van der Waals surface area contributed by atoms with Crippen molar-refractivity contribution >= 4 is 0 Å². The third kappa shape index (κ3) is 2.87. The number of hydrogen-bond donors (Lipinski definition) is 6. The van der Waals surface area contributed by atoms with E-state index in [0.717, 1.165) is 0 Å². The molecular weight excluding hydrogens is 324 g/mol. The minimum atomic E-state index is -1.58. The van der Waals surface area contributed by atoms with Crippen LogP contribution in [0.2, 0.25) is 0 Å². The van der Waals surface area contributed by atoms with E-state index in [2.05, 4.69) is 0 Å². The molecule has 24 heavy (non-hydrogen) atoms. The maximum absolute atomic E-state index is 10.5. The Hall–Kier alpha value is -1.04. The summed E-state index contributed by atoms with van der Waals surface area (Å²) < 4.78 is 16.2. The minimum absolute atomic E-state index is 0.245. The first-order valence-corrected chi connectivity index (χ1v) is 7.72. The monoisotopic (exact) mass is 346 g/mol. The van der Waals surface area contributed by atoms with Crippen LogP contribution < -0.4 is 0 Å². The Bertz CT molecular complexity index is 507. The second-order valence-electron chi connectivity index (χ2n) is 6.28. The van der Waals surface area contributed by atoms with Gasteiger partial charge in [-0.05, 0) is 6.08 Å². The van der Waals surface area contributed by atoms with Crippen molar-refractivity contribution in [3.8, 4) is 0 Å². The highest BCUT2D eigenvalue weighted by Crippen LogP contribution is 2.42. The molecule has 2 aliphatic heterocycles. The van der Waals surface area contributed by atoms with Crippen LogP contribution in [-0.4, -0.2) is 86.4 Å². The molecule has 0 radical (unpaired) electrons. The lowest BCUT2D eigenvalue weighted by Crippen LogP contribution is -2.61. The Balaban J connectivity index is 1.76. The van der Waals surface area contributed by atoms with Crippen molar-refractivity contribution in [3.05, 3.63) is 24.5 Å². The normalized spacial score (nSPS) is 50.6. The largest absolute Gasteiger partial charge is 0.472 e. The lowest BCUT2D eigenvalue weighted by molar-refractivity contribution is -0.346. The maximum Gasteiger partial charge on any atom is 0.208 e. The van der Waals surface area contributed by atoms with E-state index in [1.54, 1.807) is 12.2 Å².